The first-order valence-corrected chi connectivity index (χ1v) is 6.45. The molecule has 96 valence electrons. The first-order valence-electron chi connectivity index (χ1n) is 6.45. The predicted molar refractivity (Wildman–Crippen MR) is 71.3 cm³/mol. The maximum Gasteiger partial charge on any atom is 0.0656 e. The fourth-order valence-electron chi connectivity index (χ4n) is 2.73. The summed E-state index contributed by atoms with van der Waals surface area (Å²) in [7, 11) is 1.96. The van der Waals surface area contributed by atoms with Crippen molar-refractivity contribution in [2.75, 3.05) is 20.1 Å². The van der Waals surface area contributed by atoms with Crippen LogP contribution in [-0.2, 0) is 0 Å². The minimum Gasteiger partial charge on any atom is -0.389 e. The van der Waals surface area contributed by atoms with Crippen LogP contribution in [0, 0.1) is 28.6 Å². The SMILES string of the molecule is C=C1NCCC1CC(C#N)CC(C)(C)CNC. The fraction of sp³-hybridized carbons (Fsp3) is 0.786. The molecule has 0 radical (unpaired) electrons. The topological polar surface area (TPSA) is 47.9 Å². The molecule has 2 unspecified atom stereocenters. The molecule has 1 saturated heterocycles. The van der Waals surface area contributed by atoms with Gasteiger partial charge in [-0.05, 0) is 38.3 Å². The average Bonchev–Trinajstić information content (AvgIpc) is 2.63. The lowest BCUT2D eigenvalue weighted by Crippen LogP contribution is -2.29. The molecule has 1 aliphatic heterocycles. The summed E-state index contributed by atoms with van der Waals surface area (Å²) in [6, 6.07) is 2.47. The molecule has 0 aromatic heterocycles. The lowest BCUT2D eigenvalue weighted by atomic mass is 9.79. The number of nitrogens with zero attached hydrogens (tertiary/aromatic N) is 1. The Morgan fingerprint density at radius 3 is 2.82 bits per heavy atom. The number of nitrogens with one attached hydrogen (secondary N) is 2. The zero-order valence-electron chi connectivity index (χ0n) is 11.3. The van der Waals surface area contributed by atoms with Crippen molar-refractivity contribution in [2.45, 2.75) is 33.1 Å². The number of allylic oxidation sites excluding steroid dienone is 1. The Labute approximate surface area is 105 Å². The van der Waals surface area contributed by atoms with Crippen LogP contribution in [0.1, 0.15) is 33.1 Å². The Morgan fingerprint density at radius 1 is 1.65 bits per heavy atom. The summed E-state index contributed by atoms with van der Waals surface area (Å²) in [4.78, 5) is 0. The summed E-state index contributed by atoms with van der Waals surface area (Å²) in [6.07, 6.45) is 3.03. The Morgan fingerprint density at radius 2 is 2.35 bits per heavy atom. The van der Waals surface area contributed by atoms with Crippen molar-refractivity contribution >= 4 is 0 Å². The van der Waals surface area contributed by atoms with E-state index in [0.29, 0.717) is 5.92 Å². The Balaban J connectivity index is 2.49. The van der Waals surface area contributed by atoms with E-state index in [4.69, 9.17) is 0 Å². The highest BCUT2D eigenvalue weighted by molar-refractivity contribution is 5.05. The standard InChI is InChI=1S/C14H25N3/c1-11-13(5-6-17-11)7-12(9-15)8-14(2,3)10-16-4/h12-13,16-17H,1,5-8,10H2,2-4H3. The fourth-order valence-corrected chi connectivity index (χ4v) is 2.73. The molecule has 3 nitrogen and oxygen atoms in total. The van der Waals surface area contributed by atoms with E-state index in [1.807, 2.05) is 7.05 Å². The minimum absolute atomic E-state index is 0.139. The van der Waals surface area contributed by atoms with E-state index in [9.17, 15) is 5.26 Å². The van der Waals surface area contributed by atoms with Gasteiger partial charge in [0.25, 0.3) is 0 Å². The van der Waals surface area contributed by atoms with Crippen molar-refractivity contribution < 1.29 is 0 Å². The summed E-state index contributed by atoms with van der Waals surface area (Å²) < 4.78 is 0. The van der Waals surface area contributed by atoms with E-state index < -0.39 is 0 Å². The van der Waals surface area contributed by atoms with Gasteiger partial charge in [0.1, 0.15) is 0 Å². The highest BCUT2D eigenvalue weighted by Gasteiger charge is 2.27. The smallest absolute Gasteiger partial charge is 0.0656 e. The molecule has 3 heteroatoms. The molecule has 17 heavy (non-hydrogen) atoms. The third kappa shape index (κ3) is 4.40. The van der Waals surface area contributed by atoms with E-state index >= 15 is 0 Å². The molecule has 2 N–H and O–H groups in total. The highest BCUT2D eigenvalue weighted by Crippen LogP contribution is 2.32. The molecule has 0 saturated carbocycles. The number of hydrogen-bond donors (Lipinski definition) is 2. The number of nitriles is 1. The molecule has 0 amide bonds. The number of hydrogen-bond acceptors (Lipinski definition) is 3. The molecular formula is C14H25N3. The Kier molecular flexibility index (Phi) is 5.02. The monoisotopic (exact) mass is 235 g/mol. The zero-order valence-corrected chi connectivity index (χ0v) is 11.3. The zero-order chi connectivity index (χ0) is 12.9. The molecule has 0 aromatic carbocycles. The lowest BCUT2D eigenvalue weighted by molar-refractivity contribution is 0.270. The van der Waals surface area contributed by atoms with Gasteiger partial charge in [0.15, 0.2) is 0 Å². The lowest BCUT2D eigenvalue weighted by Gasteiger charge is -2.27. The van der Waals surface area contributed by atoms with Crippen molar-refractivity contribution in [3.05, 3.63) is 12.3 Å². The van der Waals surface area contributed by atoms with Crippen molar-refractivity contribution in [1.82, 2.24) is 10.6 Å². The van der Waals surface area contributed by atoms with Crippen LogP contribution >= 0.6 is 0 Å². The van der Waals surface area contributed by atoms with Crippen LogP contribution < -0.4 is 10.6 Å². The maximum atomic E-state index is 9.28. The van der Waals surface area contributed by atoms with Crippen LogP contribution in [0.2, 0.25) is 0 Å². The second-order valence-corrected chi connectivity index (χ2v) is 5.90. The van der Waals surface area contributed by atoms with Gasteiger partial charge in [-0.15, -0.1) is 0 Å². The van der Waals surface area contributed by atoms with Crippen LogP contribution in [0.5, 0.6) is 0 Å². The average molecular weight is 235 g/mol. The third-order valence-corrected chi connectivity index (χ3v) is 3.54. The van der Waals surface area contributed by atoms with Gasteiger partial charge in [-0.3, -0.25) is 0 Å². The molecule has 0 bridgehead atoms. The molecule has 2 atom stereocenters. The van der Waals surface area contributed by atoms with Gasteiger partial charge < -0.3 is 10.6 Å². The van der Waals surface area contributed by atoms with Crippen molar-refractivity contribution in [3.8, 4) is 6.07 Å². The molecular weight excluding hydrogens is 210 g/mol. The van der Waals surface area contributed by atoms with Crippen LogP contribution in [-0.4, -0.2) is 20.1 Å². The molecule has 0 aromatic rings. The molecule has 0 spiro atoms. The molecule has 1 heterocycles. The normalized spacial score (nSPS) is 22.0. The van der Waals surface area contributed by atoms with E-state index in [1.54, 1.807) is 0 Å². The van der Waals surface area contributed by atoms with E-state index in [-0.39, 0.29) is 11.3 Å². The van der Waals surface area contributed by atoms with Gasteiger partial charge in [0.05, 0.1) is 6.07 Å². The summed E-state index contributed by atoms with van der Waals surface area (Å²) >= 11 is 0. The van der Waals surface area contributed by atoms with E-state index in [0.717, 1.165) is 38.0 Å². The minimum atomic E-state index is 0.139. The second-order valence-electron chi connectivity index (χ2n) is 5.90. The van der Waals surface area contributed by atoms with Gasteiger partial charge in [0, 0.05) is 24.1 Å². The van der Waals surface area contributed by atoms with Crippen LogP contribution in [0.15, 0.2) is 12.3 Å². The van der Waals surface area contributed by atoms with E-state index in [1.165, 1.54) is 0 Å². The Bertz CT molecular complexity index is 301. The van der Waals surface area contributed by atoms with Gasteiger partial charge in [-0.2, -0.15) is 5.26 Å². The first kappa shape index (κ1) is 14.1. The van der Waals surface area contributed by atoms with Crippen molar-refractivity contribution in [2.24, 2.45) is 17.3 Å². The van der Waals surface area contributed by atoms with Gasteiger partial charge in [0.2, 0.25) is 0 Å². The summed E-state index contributed by atoms with van der Waals surface area (Å²) in [6.45, 7) is 10.4. The largest absolute Gasteiger partial charge is 0.389 e. The van der Waals surface area contributed by atoms with Crippen molar-refractivity contribution in [3.63, 3.8) is 0 Å². The number of rotatable bonds is 6. The first-order chi connectivity index (χ1) is 7.98. The maximum absolute atomic E-state index is 9.28. The highest BCUT2D eigenvalue weighted by atomic mass is 14.9. The summed E-state index contributed by atoms with van der Waals surface area (Å²) in [5.74, 6) is 0.630. The quantitative estimate of drug-likeness (QED) is 0.742. The van der Waals surface area contributed by atoms with E-state index in [2.05, 4.69) is 37.1 Å². The van der Waals surface area contributed by atoms with Gasteiger partial charge >= 0.3 is 0 Å². The summed E-state index contributed by atoms with van der Waals surface area (Å²) in [5, 5.41) is 15.8. The molecule has 0 aliphatic carbocycles. The molecule has 1 fully saturated rings. The molecule has 1 rings (SSSR count). The van der Waals surface area contributed by atoms with Gasteiger partial charge in [-0.25, -0.2) is 0 Å². The molecule has 1 aliphatic rings. The van der Waals surface area contributed by atoms with Crippen molar-refractivity contribution in [1.29, 1.82) is 5.26 Å². The van der Waals surface area contributed by atoms with Crippen LogP contribution in [0.25, 0.3) is 0 Å². The van der Waals surface area contributed by atoms with Gasteiger partial charge in [-0.1, -0.05) is 20.4 Å². The van der Waals surface area contributed by atoms with Crippen LogP contribution in [0.4, 0.5) is 0 Å². The third-order valence-electron chi connectivity index (χ3n) is 3.54. The second kappa shape index (κ2) is 6.07. The predicted octanol–water partition coefficient (Wildman–Crippen LogP) is 2.28. The van der Waals surface area contributed by atoms with Crippen LogP contribution in [0.3, 0.4) is 0 Å². The summed E-state index contributed by atoms with van der Waals surface area (Å²) in [5.41, 5.74) is 1.30. The Hall–Kier alpha value is -1.01.